The average Bonchev–Trinajstić information content (AvgIpc) is 3.49. The van der Waals surface area contributed by atoms with Crippen molar-refractivity contribution in [3.05, 3.63) is 52.8 Å². The smallest absolute Gasteiger partial charge is 0.222 e. The Morgan fingerprint density at radius 3 is 2.69 bits per heavy atom. The fourth-order valence-corrected chi connectivity index (χ4v) is 4.09. The maximum absolute atomic E-state index is 12.7. The Kier molecular flexibility index (Phi) is 5.97. The number of aromatic nitrogens is 2. The third-order valence-electron chi connectivity index (χ3n) is 5.91. The van der Waals surface area contributed by atoms with Gasteiger partial charge in [-0.05, 0) is 31.2 Å². The highest BCUT2D eigenvalue weighted by atomic mass is 16.2. The summed E-state index contributed by atoms with van der Waals surface area (Å²) in [6, 6.07) is 10.7. The number of fused-ring (bicyclic) bond motifs is 1. The van der Waals surface area contributed by atoms with Gasteiger partial charge in [-0.15, -0.1) is 0 Å². The molecule has 0 bridgehead atoms. The molecule has 2 amide bonds. The molecule has 1 fully saturated rings. The lowest BCUT2D eigenvalue weighted by Crippen LogP contribution is -2.36. The van der Waals surface area contributed by atoms with Gasteiger partial charge in [-0.1, -0.05) is 30.3 Å². The van der Waals surface area contributed by atoms with Crippen molar-refractivity contribution >= 4 is 11.8 Å². The molecule has 0 unspecified atom stereocenters. The molecule has 154 valence electrons. The van der Waals surface area contributed by atoms with E-state index in [-0.39, 0.29) is 11.8 Å². The van der Waals surface area contributed by atoms with Gasteiger partial charge in [0.2, 0.25) is 11.8 Å². The SMILES string of the molecule is Cn1nc(CCC(=O)NC2CC2)c2c1CCN(C(=O)CCCc1ccccc1)C2. The summed E-state index contributed by atoms with van der Waals surface area (Å²) in [6.45, 7) is 1.37. The van der Waals surface area contributed by atoms with E-state index in [9.17, 15) is 9.59 Å². The van der Waals surface area contributed by atoms with Crippen LogP contribution in [-0.4, -0.2) is 39.1 Å². The molecule has 1 aromatic carbocycles. The molecule has 1 aromatic heterocycles. The van der Waals surface area contributed by atoms with Crippen LogP contribution in [0.3, 0.4) is 0 Å². The first-order valence-electron chi connectivity index (χ1n) is 10.7. The van der Waals surface area contributed by atoms with Crippen molar-refractivity contribution in [1.29, 1.82) is 0 Å². The quantitative estimate of drug-likeness (QED) is 0.748. The van der Waals surface area contributed by atoms with Gasteiger partial charge in [0.25, 0.3) is 0 Å². The van der Waals surface area contributed by atoms with Crippen LogP contribution in [0.1, 0.15) is 54.6 Å². The number of carbonyl (C=O) groups excluding carboxylic acids is 2. The molecule has 6 heteroatoms. The lowest BCUT2D eigenvalue weighted by Gasteiger charge is -2.28. The van der Waals surface area contributed by atoms with Crippen LogP contribution in [0, 0.1) is 0 Å². The van der Waals surface area contributed by atoms with Crippen LogP contribution in [0.2, 0.25) is 0 Å². The third kappa shape index (κ3) is 5.05. The normalized spacial score (nSPS) is 15.8. The molecule has 1 aliphatic carbocycles. The Bertz CT molecular complexity index is 871. The van der Waals surface area contributed by atoms with Gasteiger partial charge in [-0.2, -0.15) is 5.10 Å². The van der Waals surface area contributed by atoms with Crippen molar-refractivity contribution in [3.63, 3.8) is 0 Å². The molecule has 2 aromatic rings. The first-order valence-corrected chi connectivity index (χ1v) is 10.7. The molecule has 0 atom stereocenters. The maximum atomic E-state index is 12.7. The second-order valence-corrected chi connectivity index (χ2v) is 8.24. The third-order valence-corrected chi connectivity index (χ3v) is 5.91. The standard InChI is InChI=1S/C23H30N4O2/c1-26-21-14-15-27(23(29)9-5-8-17-6-3-2-4-7-17)16-19(21)20(25-26)12-13-22(28)24-18-10-11-18/h2-4,6-7,18H,5,8-16H2,1H3,(H,24,28). The highest BCUT2D eigenvalue weighted by Crippen LogP contribution is 2.24. The van der Waals surface area contributed by atoms with E-state index >= 15 is 0 Å². The predicted octanol–water partition coefficient (Wildman–Crippen LogP) is 2.54. The zero-order valence-electron chi connectivity index (χ0n) is 17.2. The number of hydrogen-bond acceptors (Lipinski definition) is 3. The van der Waals surface area contributed by atoms with Crippen LogP contribution in [0.25, 0.3) is 0 Å². The Morgan fingerprint density at radius 1 is 1.14 bits per heavy atom. The molecule has 29 heavy (non-hydrogen) atoms. The Labute approximate surface area is 172 Å². The number of aryl methyl sites for hydroxylation is 3. The van der Waals surface area contributed by atoms with Crippen LogP contribution in [-0.2, 0) is 42.4 Å². The summed E-state index contributed by atoms with van der Waals surface area (Å²) in [7, 11) is 1.96. The molecule has 0 radical (unpaired) electrons. The van der Waals surface area contributed by atoms with Gasteiger partial charge >= 0.3 is 0 Å². The first kappa shape index (κ1) is 19.7. The maximum Gasteiger partial charge on any atom is 0.222 e. The fourth-order valence-electron chi connectivity index (χ4n) is 4.09. The second-order valence-electron chi connectivity index (χ2n) is 8.24. The lowest BCUT2D eigenvalue weighted by molar-refractivity contribution is -0.132. The van der Waals surface area contributed by atoms with Crippen molar-refractivity contribution < 1.29 is 9.59 Å². The van der Waals surface area contributed by atoms with Gasteiger partial charge in [0.1, 0.15) is 0 Å². The Balaban J connectivity index is 1.31. The van der Waals surface area contributed by atoms with E-state index in [2.05, 4.69) is 22.5 Å². The van der Waals surface area contributed by atoms with Gasteiger partial charge in [0.15, 0.2) is 0 Å². The predicted molar refractivity (Wildman–Crippen MR) is 111 cm³/mol. The van der Waals surface area contributed by atoms with Crippen molar-refractivity contribution in [2.75, 3.05) is 6.54 Å². The molecule has 1 saturated carbocycles. The van der Waals surface area contributed by atoms with E-state index in [4.69, 9.17) is 0 Å². The zero-order chi connectivity index (χ0) is 20.2. The van der Waals surface area contributed by atoms with Gasteiger partial charge < -0.3 is 10.2 Å². The van der Waals surface area contributed by atoms with E-state index in [1.165, 1.54) is 11.3 Å². The highest BCUT2D eigenvalue weighted by Gasteiger charge is 2.27. The largest absolute Gasteiger partial charge is 0.353 e. The molecular weight excluding hydrogens is 364 g/mol. The van der Waals surface area contributed by atoms with Crippen molar-refractivity contribution in [3.8, 4) is 0 Å². The highest BCUT2D eigenvalue weighted by molar-refractivity contribution is 5.77. The number of rotatable bonds is 8. The Hall–Kier alpha value is -2.63. The van der Waals surface area contributed by atoms with E-state index in [0.717, 1.165) is 49.9 Å². The monoisotopic (exact) mass is 394 g/mol. The van der Waals surface area contributed by atoms with Crippen molar-refractivity contribution in [2.45, 2.75) is 64.0 Å². The molecule has 2 heterocycles. The van der Waals surface area contributed by atoms with Crippen LogP contribution in [0.5, 0.6) is 0 Å². The minimum atomic E-state index is 0.108. The topological polar surface area (TPSA) is 67.2 Å². The summed E-state index contributed by atoms with van der Waals surface area (Å²) in [6.07, 6.45) is 6.51. The minimum absolute atomic E-state index is 0.108. The van der Waals surface area contributed by atoms with Gasteiger partial charge in [-0.3, -0.25) is 14.3 Å². The van der Waals surface area contributed by atoms with Crippen molar-refractivity contribution in [2.24, 2.45) is 7.05 Å². The van der Waals surface area contributed by atoms with Crippen LogP contribution in [0.4, 0.5) is 0 Å². The summed E-state index contributed by atoms with van der Waals surface area (Å²) in [5.74, 6) is 0.324. The summed E-state index contributed by atoms with van der Waals surface area (Å²) in [5.41, 5.74) is 4.60. The lowest BCUT2D eigenvalue weighted by atomic mass is 10.0. The van der Waals surface area contributed by atoms with E-state index in [0.29, 0.717) is 31.8 Å². The summed E-state index contributed by atoms with van der Waals surface area (Å²) < 4.78 is 1.93. The molecule has 2 aliphatic rings. The summed E-state index contributed by atoms with van der Waals surface area (Å²) in [4.78, 5) is 26.7. The first-order chi connectivity index (χ1) is 14.1. The number of benzene rings is 1. The molecule has 0 spiro atoms. The van der Waals surface area contributed by atoms with E-state index in [1.54, 1.807) is 0 Å². The minimum Gasteiger partial charge on any atom is -0.353 e. The van der Waals surface area contributed by atoms with Crippen LogP contribution < -0.4 is 5.32 Å². The number of carbonyl (C=O) groups is 2. The Morgan fingerprint density at radius 2 is 1.93 bits per heavy atom. The average molecular weight is 395 g/mol. The molecule has 4 rings (SSSR count). The number of nitrogens with one attached hydrogen (secondary N) is 1. The zero-order valence-corrected chi connectivity index (χ0v) is 17.2. The number of hydrogen-bond donors (Lipinski definition) is 1. The molecule has 1 N–H and O–H groups in total. The molecule has 0 saturated heterocycles. The van der Waals surface area contributed by atoms with Crippen molar-refractivity contribution in [1.82, 2.24) is 20.0 Å². The van der Waals surface area contributed by atoms with E-state index in [1.807, 2.05) is 34.8 Å². The summed E-state index contributed by atoms with van der Waals surface area (Å²) in [5, 5.41) is 7.69. The van der Waals surface area contributed by atoms with Gasteiger partial charge in [0.05, 0.1) is 5.69 Å². The molecule has 6 nitrogen and oxygen atoms in total. The molecule has 1 aliphatic heterocycles. The molecular formula is C23H30N4O2. The van der Waals surface area contributed by atoms with Crippen LogP contribution >= 0.6 is 0 Å². The van der Waals surface area contributed by atoms with Gasteiger partial charge in [0, 0.05) is 63.1 Å². The summed E-state index contributed by atoms with van der Waals surface area (Å²) >= 11 is 0. The second kappa shape index (κ2) is 8.80. The number of nitrogens with zero attached hydrogens (tertiary/aromatic N) is 3. The van der Waals surface area contributed by atoms with E-state index < -0.39 is 0 Å². The van der Waals surface area contributed by atoms with Gasteiger partial charge in [-0.25, -0.2) is 0 Å². The fraction of sp³-hybridized carbons (Fsp3) is 0.522. The van der Waals surface area contributed by atoms with Crippen LogP contribution in [0.15, 0.2) is 30.3 Å². The number of amides is 2.